The Hall–Kier alpha value is -3.39. The largest absolute Gasteiger partial charge is 0.295 e. The lowest BCUT2D eigenvalue weighted by molar-refractivity contribution is -0.384. The van der Waals surface area contributed by atoms with E-state index in [4.69, 9.17) is 11.6 Å². The topological polar surface area (TPSA) is 90.4 Å². The van der Waals surface area contributed by atoms with Gasteiger partial charge in [-0.3, -0.25) is 29.3 Å². The molecule has 29 heavy (non-hydrogen) atoms. The van der Waals surface area contributed by atoms with Gasteiger partial charge in [-0.1, -0.05) is 30.3 Å². The minimum absolute atomic E-state index is 0.0561. The van der Waals surface area contributed by atoms with Gasteiger partial charge in [-0.05, 0) is 24.6 Å². The molecule has 2 atom stereocenters. The number of nitrogens with zero attached hydrogens (tertiary/aromatic N) is 4. The summed E-state index contributed by atoms with van der Waals surface area (Å²) in [6.45, 7) is 1.76. The van der Waals surface area contributed by atoms with E-state index in [9.17, 15) is 19.7 Å². The zero-order valence-electron chi connectivity index (χ0n) is 15.7. The van der Waals surface area contributed by atoms with Crippen molar-refractivity contribution in [2.45, 2.75) is 18.3 Å². The third-order valence-electron chi connectivity index (χ3n) is 5.24. The number of anilines is 1. The number of hydrogen-bond acceptors (Lipinski definition) is 4. The summed E-state index contributed by atoms with van der Waals surface area (Å²) in [5, 5.41) is 10.1. The first-order chi connectivity index (χ1) is 13.8. The number of hydrogen-bond donors (Lipinski definition) is 0. The van der Waals surface area contributed by atoms with E-state index in [-0.39, 0.29) is 22.8 Å². The lowest BCUT2D eigenvalue weighted by Crippen LogP contribution is -2.58. The molecule has 1 saturated heterocycles. The van der Waals surface area contributed by atoms with Gasteiger partial charge in [0.2, 0.25) is 5.91 Å². The molecule has 0 aliphatic carbocycles. The molecule has 1 fully saturated rings. The first kappa shape index (κ1) is 18.9. The van der Waals surface area contributed by atoms with Crippen LogP contribution < -0.4 is 10.5 Å². The number of nitro benzene ring substituents is 1. The number of para-hydroxylation sites is 1. The summed E-state index contributed by atoms with van der Waals surface area (Å²) in [6, 6.07) is 14.4. The van der Waals surface area contributed by atoms with Crippen LogP contribution in [0.15, 0.2) is 59.4 Å². The predicted octanol–water partition coefficient (Wildman–Crippen LogP) is 3.09. The number of non-ortho nitro benzene ring substituents is 1. The van der Waals surface area contributed by atoms with E-state index < -0.39 is 16.3 Å². The highest BCUT2D eigenvalue weighted by Gasteiger charge is 2.50. The second-order valence-corrected chi connectivity index (χ2v) is 7.28. The summed E-state index contributed by atoms with van der Waals surface area (Å²) in [5.41, 5.74) is 1.78. The summed E-state index contributed by atoms with van der Waals surface area (Å²) < 4.78 is 3.18. The fourth-order valence-electron chi connectivity index (χ4n) is 3.65. The number of aromatic nitrogens is 2. The molecular weight excluding hydrogens is 396 g/mol. The number of carbonyl (C=O) groups is 1. The van der Waals surface area contributed by atoms with E-state index in [2.05, 4.69) is 0 Å². The highest BCUT2D eigenvalue weighted by Crippen LogP contribution is 2.42. The Morgan fingerprint density at radius 2 is 1.66 bits per heavy atom. The molecule has 2 heterocycles. The second-order valence-electron chi connectivity index (χ2n) is 6.81. The average Bonchev–Trinajstić information content (AvgIpc) is 2.94. The number of benzene rings is 2. The molecule has 1 amide bonds. The van der Waals surface area contributed by atoms with Crippen LogP contribution in [0.1, 0.15) is 17.3 Å². The summed E-state index contributed by atoms with van der Waals surface area (Å²) in [5.74, 6) is -0.374. The van der Waals surface area contributed by atoms with E-state index in [0.29, 0.717) is 16.9 Å². The van der Waals surface area contributed by atoms with Gasteiger partial charge in [0.15, 0.2) is 0 Å². The van der Waals surface area contributed by atoms with Crippen LogP contribution in [0.2, 0.25) is 0 Å². The Morgan fingerprint density at radius 1 is 1.03 bits per heavy atom. The van der Waals surface area contributed by atoms with Crippen LogP contribution in [0.4, 0.5) is 11.4 Å². The molecule has 0 radical (unpaired) electrons. The van der Waals surface area contributed by atoms with Crippen LogP contribution in [0.3, 0.4) is 0 Å². The van der Waals surface area contributed by atoms with Gasteiger partial charge in [-0.15, -0.1) is 11.6 Å². The Morgan fingerprint density at radius 3 is 2.24 bits per heavy atom. The molecule has 3 aromatic rings. The van der Waals surface area contributed by atoms with Crippen molar-refractivity contribution < 1.29 is 9.72 Å². The van der Waals surface area contributed by atoms with Gasteiger partial charge in [0.05, 0.1) is 22.3 Å². The van der Waals surface area contributed by atoms with Gasteiger partial charge < -0.3 is 0 Å². The Kier molecular flexibility index (Phi) is 4.50. The number of alkyl halides is 1. The lowest BCUT2D eigenvalue weighted by atomic mass is 9.92. The smallest absolute Gasteiger partial charge is 0.295 e. The monoisotopic (exact) mass is 412 g/mol. The van der Waals surface area contributed by atoms with Crippen LogP contribution in [-0.4, -0.2) is 25.6 Å². The van der Waals surface area contributed by atoms with Crippen molar-refractivity contribution in [2.24, 2.45) is 7.05 Å². The number of carbonyl (C=O) groups excluding carboxylic acids is 1. The van der Waals surface area contributed by atoms with Gasteiger partial charge in [-0.2, -0.15) is 0 Å². The summed E-state index contributed by atoms with van der Waals surface area (Å²) in [7, 11) is 1.75. The molecule has 4 rings (SSSR count). The predicted molar refractivity (Wildman–Crippen MR) is 109 cm³/mol. The van der Waals surface area contributed by atoms with Crippen molar-refractivity contribution in [3.05, 3.63) is 86.3 Å². The maximum Gasteiger partial charge on any atom is 0.295 e. The number of β-lactam (4-membered cyclic amide) rings is 1. The van der Waals surface area contributed by atoms with Crippen LogP contribution in [-0.2, 0) is 11.8 Å². The van der Waals surface area contributed by atoms with Crippen molar-refractivity contribution >= 4 is 28.9 Å². The zero-order chi connectivity index (χ0) is 20.9. The second kappa shape index (κ2) is 6.89. The molecule has 1 aliphatic heterocycles. The normalized spacial score (nSPS) is 18.6. The van der Waals surface area contributed by atoms with Crippen molar-refractivity contribution in [1.29, 1.82) is 0 Å². The van der Waals surface area contributed by atoms with E-state index in [0.717, 1.165) is 0 Å². The molecule has 2 unspecified atom stereocenters. The van der Waals surface area contributed by atoms with Gasteiger partial charge >= 0.3 is 0 Å². The molecule has 0 spiro atoms. The Bertz CT molecular complexity index is 1170. The van der Waals surface area contributed by atoms with Crippen LogP contribution >= 0.6 is 11.6 Å². The number of halogens is 1. The first-order valence-corrected chi connectivity index (χ1v) is 9.32. The van der Waals surface area contributed by atoms with Crippen LogP contribution in [0.5, 0.6) is 0 Å². The minimum atomic E-state index is -0.847. The molecule has 2 aromatic carbocycles. The maximum absolute atomic E-state index is 13.2. The zero-order valence-corrected chi connectivity index (χ0v) is 16.4. The molecule has 1 aromatic heterocycles. The van der Waals surface area contributed by atoms with Gasteiger partial charge in [0.1, 0.15) is 11.1 Å². The van der Waals surface area contributed by atoms with Crippen molar-refractivity contribution in [3.63, 3.8) is 0 Å². The summed E-state index contributed by atoms with van der Waals surface area (Å²) in [4.78, 5) is 37.6. The first-order valence-electron chi connectivity index (χ1n) is 8.88. The number of nitro groups is 1. The van der Waals surface area contributed by atoms with Crippen molar-refractivity contribution in [2.75, 3.05) is 4.90 Å². The molecule has 0 N–H and O–H groups in total. The SMILES string of the molecule is Cc1c(N2C(=O)C(Cl)C2c2ccc([N+](=O)[O-])cc2)c(=O)n(-c2ccccc2)n1C. The molecule has 0 bridgehead atoms. The highest BCUT2D eigenvalue weighted by atomic mass is 35.5. The van der Waals surface area contributed by atoms with Gasteiger partial charge in [-0.25, -0.2) is 4.68 Å². The molecule has 0 saturated carbocycles. The minimum Gasteiger partial charge on any atom is -0.295 e. The van der Waals surface area contributed by atoms with Crippen molar-refractivity contribution in [1.82, 2.24) is 9.36 Å². The Labute approximate surface area is 170 Å². The average molecular weight is 413 g/mol. The quantitative estimate of drug-likeness (QED) is 0.285. The molecule has 9 heteroatoms. The molecular formula is C20H17ClN4O4. The highest BCUT2D eigenvalue weighted by molar-refractivity contribution is 6.37. The van der Waals surface area contributed by atoms with Crippen molar-refractivity contribution in [3.8, 4) is 5.69 Å². The summed E-state index contributed by atoms with van der Waals surface area (Å²) in [6.07, 6.45) is 0. The van der Waals surface area contributed by atoms with E-state index in [1.165, 1.54) is 21.7 Å². The number of amides is 1. The lowest BCUT2D eigenvalue weighted by Gasteiger charge is -2.43. The van der Waals surface area contributed by atoms with Gasteiger partial charge in [0, 0.05) is 19.2 Å². The Balaban J connectivity index is 1.80. The molecule has 148 valence electrons. The standard InChI is InChI=1S/C20H17ClN4O4/c1-12-17(20(27)24(22(12)2)14-6-4-3-5-7-14)23-18(16(21)19(23)26)13-8-10-15(11-9-13)25(28)29/h3-11,16,18H,1-2H3. The third kappa shape index (κ3) is 2.84. The third-order valence-corrected chi connectivity index (χ3v) is 5.66. The summed E-state index contributed by atoms with van der Waals surface area (Å²) >= 11 is 6.27. The van der Waals surface area contributed by atoms with E-state index >= 15 is 0 Å². The maximum atomic E-state index is 13.2. The van der Waals surface area contributed by atoms with Gasteiger partial charge in [0.25, 0.3) is 11.2 Å². The number of rotatable bonds is 4. The molecule has 8 nitrogen and oxygen atoms in total. The fraction of sp³-hybridized carbons (Fsp3) is 0.200. The fourth-order valence-corrected chi connectivity index (χ4v) is 4.01. The van der Waals surface area contributed by atoms with Crippen LogP contribution in [0.25, 0.3) is 5.69 Å². The van der Waals surface area contributed by atoms with E-state index in [1.807, 2.05) is 18.2 Å². The van der Waals surface area contributed by atoms with E-state index in [1.54, 1.807) is 42.9 Å². The van der Waals surface area contributed by atoms with Crippen LogP contribution in [0, 0.1) is 17.0 Å². The molecule has 1 aliphatic rings.